The molecule has 0 spiro atoms. The largest absolute Gasteiger partial charge is 0.458 e. The van der Waals surface area contributed by atoms with Crippen molar-refractivity contribution in [2.45, 2.75) is 0 Å². The van der Waals surface area contributed by atoms with Gasteiger partial charge in [-0.1, -0.05) is 109 Å². The van der Waals surface area contributed by atoms with Gasteiger partial charge in [0.05, 0.1) is 5.69 Å². The fourth-order valence-corrected chi connectivity index (χ4v) is 10.2. The highest BCUT2D eigenvalue weighted by molar-refractivity contribution is 7.26. The third-order valence-corrected chi connectivity index (χ3v) is 12.6. The van der Waals surface area contributed by atoms with E-state index >= 15 is 0 Å². The van der Waals surface area contributed by atoms with Crippen molar-refractivity contribution in [2.75, 3.05) is 9.80 Å². The minimum Gasteiger partial charge on any atom is -0.458 e. The molecule has 1 aromatic heterocycles. The van der Waals surface area contributed by atoms with Gasteiger partial charge in [0.2, 0.25) is 0 Å². The Bertz CT molecular complexity index is 3110. The lowest BCUT2D eigenvalue weighted by molar-refractivity contribution is 0.465. The number of fused-ring (bicyclic) bond motifs is 9. The van der Waals surface area contributed by atoms with E-state index in [1.807, 2.05) is 17.4 Å². The summed E-state index contributed by atoms with van der Waals surface area (Å²) < 4.78 is 16.1. The van der Waals surface area contributed by atoms with Crippen molar-refractivity contribution in [3.63, 3.8) is 0 Å². The van der Waals surface area contributed by atoms with Crippen LogP contribution in [0.5, 0.6) is 23.0 Å². The summed E-state index contributed by atoms with van der Waals surface area (Å²) in [5, 5.41) is 4.88. The normalized spacial score (nSPS) is 12.4. The summed E-state index contributed by atoms with van der Waals surface area (Å²) in [4.78, 5) is 4.66. The van der Waals surface area contributed by atoms with Gasteiger partial charge in [0.1, 0.15) is 23.0 Å². The maximum atomic E-state index is 6.84. The lowest BCUT2D eigenvalue weighted by Crippen LogP contribution is -2.57. The minimum atomic E-state index is -0.0526. The topological polar surface area (TPSA) is 24.9 Å². The molecule has 0 atom stereocenters. The quantitative estimate of drug-likeness (QED) is 0.158. The van der Waals surface area contributed by atoms with Crippen molar-refractivity contribution in [2.24, 2.45) is 0 Å². The molecule has 0 saturated heterocycles. The van der Waals surface area contributed by atoms with Gasteiger partial charge in [0.15, 0.2) is 0 Å². The summed E-state index contributed by atoms with van der Waals surface area (Å²) in [7, 11) is 0. The molecule has 6 heteroatoms. The van der Waals surface area contributed by atoms with Gasteiger partial charge < -0.3 is 19.3 Å². The van der Waals surface area contributed by atoms with Gasteiger partial charge in [-0.15, -0.1) is 11.3 Å². The Labute approximate surface area is 340 Å². The molecule has 12 rings (SSSR count). The lowest BCUT2D eigenvalue weighted by Gasteiger charge is -2.34. The third-order valence-electron chi connectivity index (χ3n) is 11.5. The van der Waals surface area contributed by atoms with Gasteiger partial charge in [-0.2, -0.15) is 0 Å². The molecular weight excluding hydrogens is 727 g/mol. The fourth-order valence-electron chi connectivity index (χ4n) is 9.04. The van der Waals surface area contributed by atoms with E-state index < -0.39 is 0 Å². The average molecular weight is 761 g/mol. The lowest BCUT2D eigenvalue weighted by atomic mass is 9.35. The Morgan fingerprint density at radius 3 is 1.50 bits per heavy atom. The van der Waals surface area contributed by atoms with Crippen LogP contribution in [-0.2, 0) is 0 Å². The number of hydrogen-bond donors (Lipinski definition) is 0. The third kappa shape index (κ3) is 5.16. The van der Waals surface area contributed by atoms with Crippen LogP contribution >= 0.6 is 11.3 Å². The number of anilines is 6. The molecule has 58 heavy (non-hydrogen) atoms. The molecule has 9 aromatic carbocycles. The van der Waals surface area contributed by atoms with Crippen LogP contribution in [0.15, 0.2) is 200 Å². The molecule has 0 radical (unpaired) electrons. The van der Waals surface area contributed by atoms with E-state index in [2.05, 4.69) is 204 Å². The number of rotatable bonds is 6. The van der Waals surface area contributed by atoms with E-state index in [1.165, 1.54) is 30.9 Å². The van der Waals surface area contributed by atoms with Crippen molar-refractivity contribution in [3.05, 3.63) is 200 Å². The van der Waals surface area contributed by atoms with Crippen molar-refractivity contribution >= 4 is 99.5 Å². The number of nitrogens with zero attached hydrogens (tertiary/aromatic N) is 2. The summed E-state index contributed by atoms with van der Waals surface area (Å²) in [5.74, 6) is 3.41. The van der Waals surface area contributed by atoms with Gasteiger partial charge >= 0.3 is 0 Å². The Morgan fingerprint density at radius 2 is 0.897 bits per heavy atom. The first kappa shape index (κ1) is 32.9. The Morgan fingerprint density at radius 1 is 0.362 bits per heavy atom. The van der Waals surface area contributed by atoms with Crippen molar-refractivity contribution in [1.29, 1.82) is 0 Å². The second-order valence-corrected chi connectivity index (χ2v) is 15.9. The first-order valence-corrected chi connectivity index (χ1v) is 20.4. The number of hydrogen-bond acceptors (Lipinski definition) is 5. The predicted molar refractivity (Wildman–Crippen MR) is 244 cm³/mol. The Kier molecular flexibility index (Phi) is 7.47. The maximum Gasteiger partial charge on any atom is 0.260 e. The molecule has 0 amide bonds. The standard InChI is InChI=1S/C52H33BN2O2S/c1-5-16-34(17-6-1)54(35-18-7-2-8-19-35)38-28-29-42-47(30-38)56-45-26-15-27-46-52(45)53(42)43-32-49-41(31-48(43)57-46)51-40-25-14-13-24-39(40)44(33-50(51)58-49)55(36-20-9-3-10-21-36)37-22-11-4-12-23-37/h1-33H. The molecule has 272 valence electrons. The maximum absolute atomic E-state index is 6.84. The Hall–Kier alpha value is -7.28. The van der Waals surface area contributed by atoms with E-state index in [0.29, 0.717) is 0 Å². The van der Waals surface area contributed by atoms with Crippen LogP contribution in [0.2, 0.25) is 0 Å². The second kappa shape index (κ2) is 13.2. The molecule has 0 bridgehead atoms. The van der Waals surface area contributed by atoms with Crippen LogP contribution in [0.1, 0.15) is 0 Å². The molecule has 0 saturated carbocycles. The van der Waals surface area contributed by atoms with Crippen LogP contribution < -0.4 is 35.7 Å². The first-order valence-electron chi connectivity index (χ1n) is 19.6. The zero-order valence-corrected chi connectivity index (χ0v) is 32.1. The molecular formula is C52H33BN2O2S. The molecule has 4 nitrogen and oxygen atoms in total. The molecule has 2 aliphatic heterocycles. The average Bonchev–Trinajstić information content (AvgIpc) is 3.64. The summed E-state index contributed by atoms with van der Waals surface area (Å²) in [6.45, 7) is -0.0526. The second-order valence-electron chi connectivity index (χ2n) is 14.8. The smallest absolute Gasteiger partial charge is 0.260 e. The van der Waals surface area contributed by atoms with Gasteiger partial charge in [0.25, 0.3) is 6.71 Å². The van der Waals surface area contributed by atoms with Gasteiger partial charge in [0, 0.05) is 65.5 Å². The van der Waals surface area contributed by atoms with E-state index in [1.54, 1.807) is 0 Å². The summed E-state index contributed by atoms with van der Waals surface area (Å²) >= 11 is 1.85. The van der Waals surface area contributed by atoms with Gasteiger partial charge in [-0.05, 0) is 101 Å². The van der Waals surface area contributed by atoms with Gasteiger partial charge in [-0.25, -0.2) is 0 Å². The first-order chi connectivity index (χ1) is 28.8. The van der Waals surface area contributed by atoms with Crippen LogP contribution in [-0.4, -0.2) is 6.71 Å². The molecule has 2 aliphatic rings. The van der Waals surface area contributed by atoms with E-state index in [9.17, 15) is 0 Å². The van der Waals surface area contributed by atoms with E-state index in [0.717, 1.165) is 73.5 Å². The monoisotopic (exact) mass is 760 g/mol. The van der Waals surface area contributed by atoms with E-state index in [-0.39, 0.29) is 6.71 Å². The van der Waals surface area contributed by atoms with Crippen LogP contribution in [0.3, 0.4) is 0 Å². The highest BCUT2D eigenvalue weighted by atomic mass is 32.1. The molecule has 0 aliphatic carbocycles. The molecule has 0 N–H and O–H groups in total. The predicted octanol–water partition coefficient (Wildman–Crippen LogP) is 12.9. The van der Waals surface area contributed by atoms with Crippen LogP contribution in [0.25, 0.3) is 30.9 Å². The number of benzene rings is 9. The summed E-state index contributed by atoms with van der Waals surface area (Å²) in [5.41, 5.74) is 9.95. The van der Waals surface area contributed by atoms with Gasteiger partial charge in [-0.3, -0.25) is 0 Å². The van der Waals surface area contributed by atoms with Crippen molar-refractivity contribution in [3.8, 4) is 23.0 Å². The molecule has 0 unspecified atom stereocenters. The van der Waals surface area contributed by atoms with Crippen LogP contribution in [0.4, 0.5) is 34.1 Å². The highest BCUT2D eigenvalue weighted by Gasteiger charge is 2.40. The van der Waals surface area contributed by atoms with Crippen molar-refractivity contribution in [1.82, 2.24) is 0 Å². The number of thiophene rings is 1. The zero-order valence-electron chi connectivity index (χ0n) is 31.2. The zero-order chi connectivity index (χ0) is 38.2. The molecule has 3 heterocycles. The SMILES string of the molecule is c1ccc(N(c2ccccc2)c2ccc3c(c2)Oc2cccc4c2B3c2cc3sc5cc(N(c6ccccc6)c6ccccc6)c6ccccc6c5c3cc2O4)cc1. The molecule has 0 fully saturated rings. The van der Waals surface area contributed by atoms with Crippen LogP contribution in [0, 0.1) is 0 Å². The number of ether oxygens (including phenoxy) is 2. The van der Waals surface area contributed by atoms with E-state index in [4.69, 9.17) is 9.47 Å². The fraction of sp³-hybridized carbons (Fsp3) is 0. The summed E-state index contributed by atoms with van der Waals surface area (Å²) in [6, 6.07) is 71.0. The molecule has 10 aromatic rings. The minimum absolute atomic E-state index is 0.0526. The van der Waals surface area contributed by atoms with Crippen molar-refractivity contribution < 1.29 is 9.47 Å². The number of para-hydroxylation sites is 4. The highest BCUT2D eigenvalue weighted by Crippen LogP contribution is 2.48. The summed E-state index contributed by atoms with van der Waals surface area (Å²) in [6.07, 6.45) is 0. The Balaban J connectivity index is 1.04.